The minimum Gasteiger partial charge on any atom is -0.496 e. The zero-order chi connectivity index (χ0) is 28.8. The molecule has 0 saturated carbocycles. The molecule has 0 radical (unpaired) electrons. The Bertz CT molecular complexity index is 1750. The van der Waals surface area contributed by atoms with Crippen LogP contribution >= 0.6 is 0 Å². The van der Waals surface area contributed by atoms with Gasteiger partial charge in [0.05, 0.1) is 7.11 Å². The highest BCUT2D eigenvalue weighted by Crippen LogP contribution is 2.49. The van der Waals surface area contributed by atoms with Crippen molar-refractivity contribution in [3.8, 4) is 33.8 Å². The van der Waals surface area contributed by atoms with Gasteiger partial charge in [0.2, 0.25) is 0 Å². The number of methoxy groups -OCH3 is 1. The van der Waals surface area contributed by atoms with Crippen LogP contribution in [0.15, 0.2) is 158 Å². The van der Waals surface area contributed by atoms with Crippen molar-refractivity contribution in [2.45, 2.75) is 12.2 Å². The van der Waals surface area contributed by atoms with Gasteiger partial charge in [0.1, 0.15) is 23.7 Å². The van der Waals surface area contributed by atoms with E-state index in [-0.39, 0.29) is 0 Å². The fraction of sp³-hybridized carbons (Fsp3) is 0.0769. The van der Waals surface area contributed by atoms with E-state index in [4.69, 9.17) is 9.47 Å². The first kappa shape index (κ1) is 27.1. The Hall–Kier alpha value is -5.12. The summed E-state index contributed by atoms with van der Waals surface area (Å²) in [5, 5.41) is 13.2. The van der Waals surface area contributed by atoms with Crippen molar-refractivity contribution in [2.24, 2.45) is 0 Å². The molecule has 1 unspecified atom stereocenters. The van der Waals surface area contributed by atoms with Crippen LogP contribution in [-0.2, 0) is 12.2 Å². The molecule has 0 aliphatic carbocycles. The average molecular weight is 549 g/mol. The second kappa shape index (κ2) is 12.2. The monoisotopic (exact) mass is 548 g/mol. The summed E-state index contributed by atoms with van der Waals surface area (Å²) < 4.78 is 12.8. The first-order valence-corrected chi connectivity index (χ1v) is 14.1. The van der Waals surface area contributed by atoms with Crippen molar-refractivity contribution in [1.82, 2.24) is 0 Å². The Morgan fingerprint density at radius 2 is 0.952 bits per heavy atom. The molecule has 0 aromatic heterocycles. The van der Waals surface area contributed by atoms with Crippen molar-refractivity contribution in [3.63, 3.8) is 0 Å². The predicted octanol–water partition coefficient (Wildman–Crippen LogP) is 8.89. The zero-order valence-electron chi connectivity index (χ0n) is 23.5. The maximum absolute atomic E-state index is 13.2. The Balaban J connectivity index is 1.62. The molecule has 6 rings (SSSR count). The molecule has 0 heterocycles. The van der Waals surface area contributed by atoms with Gasteiger partial charge in [-0.05, 0) is 22.3 Å². The molecule has 0 amide bonds. The molecule has 1 atom stereocenters. The summed E-state index contributed by atoms with van der Waals surface area (Å²) in [7, 11) is 1.66. The summed E-state index contributed by atoms with van der Waals surface area (Å²) >= 11 is 0. The number of rotatable bonds is 9. The van der Waals surface area contributed by atoms with E-state index in [1.165, 1.54) is 0 Å². The summed E-state index contributed by atoms with van der Waals surface area (Å²) in [6.07, 6.45) is 0. The van der Waals surface area contributed by atoms with Gasteiger partial charge in [0.15, 0.2) is 0 Å². The molecule has 3 nitrogen and oxygen atoms in total. The second-order valence-electron chi connectivity index (χ2n) is 10.2. The summed E-state index contributed by atoms with van der Waals surface area (Å²) in [4.78, 5) is 0. The van der Waals surface area contributed by atoms with Crippen LogP contribution in [0.1, 0.15) is 22.3 Å². The molecule has 6 aromatic rings. The Morgan fingerprint density at radius 1 is 0.500 bits per heavy atom. The van der Waals surface area contributed by atoms with Crippen LogP contribution in [-0.4, -0.2) is 12.2 Å². The third-order valence-electron chi connectivity index (χ3n) is 7.60. The van der Waals surface area contributed by atoms with Crippen LogP contribution in [0.4, 0.5) is 0 Å². The van der Waals surface area contributed by atoms with Crippen molar-refractivity contribution >= 4 is 0 Å². The van der Waals surface area contributed by atoms with Crippen LogP contribution in [0.25, 0.3) is 22.3 Å². The molecule has 0 fully saturated rings. The van der Waals surface area contributed by atoms with Crippen molar-refractivity contribution in [2.75, 3.05) is 7.11 Å². The number of hydrogen-bond acceptors (Lipinski definition) is 3. The molecule has 0 saturated heterocycles. The molecule has 1 N–H and O–H groups in total. The highest BCUT2D eigenvalue weighted by Gasteiger charge is 2.40. The van der Waals surface area contributed by atoms with E-state index in [1.807, 2.05) is 146 Å². The molecule has 0 aliphatic heterocycles. The van der Waals surface area contributed by atoms with E-state index < -0.39 is 5.60 Å². The van der Waals surface area contributed by atoms with Gasteiger partial charge in [-0.15, -0.1) is 0 Å². The largest absolute Gasteiger partial charge is 0.496 e. The number of hydrogen-bond donors (Lipinski definition) is 1. The average Bonchev–Trinajstić information content (AvgIpc) is 3.08. The van der Waals surface area contributed by atoms with Crippen molar-refractivity contribution in [3.05, 3.63) is 180 Å². The maximum Gasteiger partial charge on any atom is 0.147 e. The summed E-state index contributed by atoms with van der Waals surface area (Å²) in [5.41, 5.74) is 5.22. The summed E-state index contributed by atoms with van der Waals surface area (Å²) in [6.45, 7) is 0.351. The molecule has 0 spiro atoms. The first-order valence-electron chi connectivity index (χ1n) is 14.1. The SMILES string of the molecule is COc1c(-c2ccccc2)cccc1C(O)(c1ccccc1)c1cccc(-c2ccccc2)c1OCc1ccccc1. The molecule has 0 bridgehead atoms. The number of ether oxygens (including phenoxy) is 2. The fourth-order valence-corrected chi connectivity index (χ4v) is 5.57. The van der Waals surface area contributed by atoms with Crippen LogP contribution in [0, 0.1) is 0 Å². The lowest BCUT2D eigenvalue weighted by Gasteiger charge is -2.34. The van der Waals surface area contributed by atoms with E-state index in [9.17, 15) is 5.11 Å². The van der Waals surface area contributed by atoms with Crippen molar-refractivity contribution in [1.29, 1.82) is 0 Å². The maximum atomic E-state index is 13.2. The van der Waals surface area contributed by atoms with Gasteiger partial charge >= 0.3 is 0 Å². The van der Waals surface area contributed by atoms with E-state index in [0.717, 1.165) is 27.8 Å². The molecular formula is C39H32O3. The normalized spacial score (nSPS) is 12.3. The van der Waals surface area contributed by atoms with E-state index in [1.54, 1.807) is 7.11 Å². The standard InChI is InChI=1S/C39H32O3/c1-41-37-33(30-18-8-3-9-19-30)24-14-26-35(37)39(40,32-22-12-5-13-23-32)36-27-15-25-34(31-20-10-4-11-21-31)38(36)42-28-29-16-6-2-7-17-29/h2-27,40H,28H2,1H3. The second-order valence-corrected chi connectivity index (χ2v) is 10.2. The quantitative estimate of drug-likeness (QED) is 0.183. The van der Waals surface area contributed by atoms with E-state index >= 15 is 0 Å². The highest BCUT2D eigenvalue weighted by atomic mass is 16.5. The summed E-state index contributed by atoms with van der Waals surface area (Å²) in [6, 6.07) is 52.0. The van der Waals surface area contributed by atoms with Crippen LogP contribution in [0.3, 0.4) is 0 Å². The third-order valence-corrected chi connectivity index (χ3v) is 7.60. The van der Waals surface area contributed by atoms with Gasteiger partial charge in [-0.3, -0.25) is 0 Å². The zero-order valence-corrected chi connectivity index (χ0v) is 23.5. The lowest BCUT2D eigenvalue weighted by Crippen LogP contribution is -2.30. The highest BCUT2D eigenvalue weighted by molar-refractivity contribution is 5.77. The molecule has 3 heteroatoms. The van der Waals surface area contributed by atoms with Crippen LogP contribution < -0.4 is 9.47 Å². The first-order chi connectivity index (χ1) is 20.7. The smallest absolute Gasteiger partial charge is 0.147 e. The molecule has 42 heavy (non-hydrogen) atoms. The lowest BCUT2D eigenvalue weighted by atomic mass is 9.77. The van der Waals surface area contributed by atoms with Crippen LogP contribution in [0.5, 0.6) is 11.5 Å². The fourth-order valence-electron chi connectivity index (χ4n) is 5.57. The molecule has 6 aromatic carbocycles. The van der Waals surface area contributed by atoms with Crippen molar-refractivity contribution < 1.29 is 14.6 Å². The van der Waals surface area contributed by atoms with Crippen LogP contribution in [0.2, 0.25) is 0 Å². The van der Waals surface area contributed by atoms with Gasteiger partial charge in [0.25, 0.3) is 0 Å². The topological polar surface area (TPSA) is 38.7 Å². The van der Waals surface area contributed by atoms with E-state index in [2.05, 4.69) is 12.1 Å². The Morgan fingerprint density at radius 3 is 1.48 bits per heavy atom. The predicted molar refractivity (Wildman–Crippen MR) is 170 cm³/mol. The molecular weight excluding hydrogens is 516 g/mol. The molecule has 0 aliphatic rings. The number of benzene rings is 6. The molecule has 206 valence electrons. The van der Waals surface area contributed by atoms with E-state index in [0.29, 0.717) is 34.8 Å². The minimum absolute atomic E-state index is 0.351. The van der Waals surface area contributed by atoms with Gasteiger partial charge in [0, 0.05) is 22.3 Å². The summed E-state index contributed by atoms with van der Waals surface area (Å²) in [5.74, 6) is 1.22. The number of aliphatic hydroxyl groups is 1. The number of para-hydroxylation sites is 2. The lowest BCUT2D eigenvalue weighted by molar-refractivity contribution is 0.117. The van der Waals surface area contributed by atoms with Gasteiger partial charge in [-0.2, -0.15) is 0 Å². The van der Waals surface area contributed by atoms with Gasteiger partial charge in [-0.1, -0.05) is 158 Å². The Kier molecular flexibility index (Phi) is 7.85. The third kappa shape index (κ3) is 5.18. The van der Waals surface area contributed by atoms with Gasteiger partial charge < -0.3 is 14.6 Å². The Labute approximate surface area is 247 Å². The van der Waals surface area contributed by atoms with Gasteiger partial charge in [-0.25, -0.2) is 0 Å². The minimum atomic E-state index is -1.60.